The highest BCUT2D eigenvalue weighted by Crippen LogP contribution is 2.20. The van der Waals surface area contributed by atoms with E-state index in [4.69, 9.17) is 4.74 Å². The van der Waals surface area contributed by atoms with Gasteiger partial charge in [0.25, 0.3) is 5.91 Å². The maximum Gasteiger partial charge on any atom is 0.337 e. The summed E-state index contributed by atoms with van der Waals surface area (Å²) in [4.78, 5) is 23.7. The average Bonchev–Trinajstić information content (AvgIpc) is 3.06. The van der Waals surface area contributed by atoms with E-state index in [0.29, 0.717) is 5.56 Å². The second kappa shape index (κ2) is 10.1. The predicted molar refractivity (Wildman–Crippen MR) is 125 cm³/mol. The lowest BCUT2D eigenvalue weighted by Gasteiger charge is -2.10. The molecule has 0 unspecified atom stereocenters. The van der Waals surface area contributed by atoms with Gasteiger partial charge in [-0.15, -0.1) is 0 Å². The maximum absolute atomic E-state index is 12.0. The summed E-state index contributed by atoms with van der Waals surface area (Å²) in [7, 11) is 1.36. The quantitative estimate of drug-likeness (QED) is 0.300. The van der Waals surface area contributed by atoms with Crippen molar-refractivity contribution in [1.82, 2.24) is 9.99 Å². The number of aryl methyl sites for hydroxylation is 1. The van der Waals surface area contributed by atoms with Gasteiger partial charge in [-0.3, -0.25) is 4.79 Å². The van der Waals surface area contributed by atoms with E-state index in [1.165, 1.54) is 7.11 Å². The fourth-order valence-electron chi connectivity index (χ4n) is 3.14. The number of carbonyl (C=O) groups excluding carboxylic acids is 2. The second-order valence-corrected chi connectivity index (χ2v) is 7.77. The van der Waals surface area contributed by atoms with Gasteiger partial charge < -0.3 is 14.6 Å². The van der Waals surface area contributed by atoms with Gasteiger partial charge in [-0.1, -0.05) is 15.9 Å². The fourth-order valence-corrected chi connectivity index (χ4v) is 3.41. The summed E-state index contributed by atoms with van der Waals surface area (Å²) in [5.41, 5.74) is 7.66. The van der Waals surface area contributed by atoms with Crippen molar-refractivity contribution in [3.8, 4) is 5.69 Å². The number of esters is 1. The Morgan fingerprint density at radius 1 is 1.10 bits per heavy atom. The van der Waals surface area contributed by atoms with Crippen LogP contribution in [0.4, 0.5) is 5.69 Å². The van der Waals surface area contributed by atoms with Crippen molar-refractivity contribution in [3.63, 3.8) is 0 Å². The standard InChI is InChI=1S/C23H23BrN4O3/c1-15-12-18(13-26-27-22(29)14-25-20-8-6-19(24)7-9-20)16(2)28(15)21-10-4-17(5-11-21)23(30)31-3/h4-13,25H,14H2,1-3H3,(H,27,29)/b26-13+. The molecule has 3 rings (SSSR count). The Hall–Kier alpha value is -3.39. The van der Waals surface area contributed by atoms with Crippen molar-refractivity contribution >= 4 is 39.7 Å². The van der Waals surface area contributed by atoms with Crippen LogP contribution in [0.15, 0.2) is 64.2 Å². The van der Waals surface area contributed by atoms with Crippen molar-refractivity contribution in [2.75, 3.05) is 19.0 Å². The largest absolute Gasteiger partial charge is 0.465 e. The zero-order chi connectivity index (χ0) is 22.4. The number of nitrogens with one attached hydrogen (secondary N) is 2. The predicted octanol–water partition coefficient (Wildman–Crippen LogP) is 4.21. The molecule has 1 amide bonds. The normalized spacial score (nSPS) is 10.8. The number of anilines is 1. The Bertz CT molecular complexity index is 1100. The molecule has 3 aromatic rings. The van der Waals surface area contributed by atoms with Crippen LogP contribution < -0.4 is 10.7 Å². The zero-order valence-electron chi connectivity index (χ0n) is 17.5. The number of benzene rings is 2. The lowest BCUT2D eigenvalue weighted by atomic mass is 10.2. The minimum Gasteiger partial charge on any atom is -0.465 e. The lowest BCUT2D eigenvalue weighted by molar-refractivity contribution is -0.119. The van der Waals surface area contributed by atoms with Crippen molar-refractivity contribution in [2.24, 2.45) is 5.10 Å². The Kier molecular flexibility index (Phi) is 7.25. The smallest absolute Gasteiger partial charge is 0.337 e. The van der Waals surface area contributed by atoms with Crippen LogP contribution in [0.2, 0.25) is 0 Å². The molecule has 0 saturated carbocycles. The molecule has 0 aliphatic carbocycles. The van der Waals surface area contributed by atoms with Crippen molar-refractivity contribution in [1.29, 1.82) is 0 Å². The summed E-state index contributed by atoms with van der Waals surface area (Å²) in [5.74, 6) is -0.614. The first-order chi connectivity index (χ1) is 14.9. The number of methoxy groups -OCH3 is 1. The molecule has 1 heterocycles. The molecule has 0 aliphatic rings. The van der Waals surface area contributed by atoms with Crippen LogP contribution in [0.1, 0.15) is 27.3 Å². The number of aromatic nitrogens is 1. The van der Waals surface area contributed by atoms with Crippen LogP contribution in [-0.4, -0.2) is 36.3 Å². The van der Waals surface area contributed by atoms with Crippen LogP contribution in [0.5, 0.6) is 0 Å². The third-order valence-corrected chi connectivity index (χ3v) is 5.24. The summed E-state index contributed by atoms with van der Waals surface area (Å²) < 4.78 is 7.77. The maximum atomic E-state index is 12.0. The Labute approximate surface area is 189 Å². The molecule has 7 nitrogen and oxygen atoms in total. The van der Waals surface area contributed by atoms with Gasteiger partial charge in [0.15, 0.2) is 0 Å². The number of hydrazone groups is 1. The topological polar surface area (TPSA) is 84.7 Å². The van der Waals surface area contributed by atoms with E-state index < -0.39 is 0 Å². The molecule has 0 radical (unpaired) electrons. The molecule has 0 spiro atoms. The lowest BCUT2D eigenvalue weighted by Crippen LogP contribution is -2.25. The van der Waals surface area contributed by atoms with Crippen molar-refractivity contribution < 1.29 is 14.3 Å². The van der Waals surface area contributed by atoms with Gasteiger partial charge >= 0.3 is 5.97 Å². The molecule has 0 fully saturated rings. The molecule has 2 aromatic carbocycles. The van der Waals surface area contributed by atoms with E-state index in [1.54, 1.807) is 18.3 Å². The van der Waals surface area contributed by atoms with Crippen LogP contribution in [0, 0.1) is 13.8 Å². The number of rotatable bonds is 7. The minimum absolute atomic E-state index is 0.116. The minimum atomic E-state index is -0.370. The Balaban J connectivity index is 1.63. The molecular formula is C23H23BrN4O3. The molecule has 2 N–H and O–H groups in total. The number of halogens is 1. The molecule has 0 bridgehead atoms. The first kappa shape index (κ1) is 22.3. The monoisotopic (exact) mass is 482 g/mol. The van der Waals surface area contributed by atoms with Crippen molar-refractivity contribution in [2.45, 2.75) is 13.8 Å². The number of hydrogen-bond donors (Lipinski definition) is 2. The third-order valence-electron chi connectivity index (χ3n) is 4.71. The molecule has 8 heteroatoms. The fraction of sp³-hybridized carbons (Fsp3) is 0.174. The van der Waals surface area contributed by atoms with E-state index in [1.807, 2.05) is 56.3 Å². The van der Waals surface area contributed by atoms with E-state index in [2.05, 4.69) is 36.3 Å². The number of nitrogens with zero attached hydrogens (tertiary/aromatic N) is 2. The molecule has 0 saturated heterocycles. The van der Waals surface area contributed by atoms with Crippen molar-refractivity contribution in [3.05, 3.63) is 81.6 Å². The van der Waals surface area contributed by atoms with Gasteiger partial charge in [0.2, 0.25) is 0 Å². The Morgan fingerprint density at radius 3 is 2.42 bits per heavy atom. The molecular weight excluding hydrogens is 460 g/mol. The highest BCUT2D eigenvalue weighted by atomic mass is 79.9. The molecule has 160 valence electrons. The summed E-state index contributed by atoms with van der Waals surface area (Å²) in [6.07, 6.45) is 1.62. The van der Waals surface area contributed by atoms with Gasteiger partial charge in [0.05, 0.1) is 25.4 Å². The van der Waals surface area contributed by atoms with Gasteiger partial charge in [-0.25, -0.2) is 10.2 Å². The SMILES string of the molecule is COC(=O)c1ccc(-n2c(C)cc(/C=N/NC(=O)CNc3ccc(Br)cc3)c2C)cc1. The van der Waals surface area contributed by atoms with Gasteiger partial charge in [0, 0.05) is 32.8 Å². The van der Waals surface area contributed by atoms with Crippen LogP contribution in [-0.2, 0) is 9.53 Å². The number of amides is 1. The van der Waals surface area contributed by atoms with Crippen LogP contribution >= 0.6 is 15.9 Å². The summed E-state index contributed by atoms with van der Waals surface area (Å²) >= 11 is 3.37. The summed E-state index contributed by atoms with van der Waals surface area (Å²) in [6, 6.07) is 16.7. The average molecular weight is 483 g/mol. The first-order valence-corrected chi connectivity index (χ1v) is 10.4. The van der Waals surface area contributed by atoms with Gasteiger partial charge in [0.1, 0.15) is 0 Å². The molecule has 1 aromatic heterocycles. The number of hydrogen-bond acceptors (Lipinski definition) is 5. The summed E-state index contributed by atoms with van der Waals surface area (Å²) in [5, 5.41) is 7.12. The van der Waals surface area contributed by atoms with E-state index >= 15 is 0 Å². The first-order valence-electron chi connectivity index (χ1n) is 9.58. The molecule has 0 aliphatic heterocycles. The number of carbonyl (C=O) groups is 2. The summed E-state index contributed by atoms with van der Waals surface area (Å²) in [6.45, 7) is 4.07. The van der Waals surface area contributed by atoms with Crippen LogP contribution in [0.3, 0.4) is 0 Å². The zero-order valence-corrected chi connectivity index (χ0v) is 19.1. The highest BCUT2D eigenvalue weighted by molar-refractivity contribution is 9.10. The van der Waals surface area contributed by atoms with E-state index in [9.17, 15) is 9.59 Å². The second-order valence-electron chi connectivity index (χ2n) is 6.85. The van der Waals surface area contributed by atoms with Gasteiger partial charge in [-0.2, -0.15) is 5.10 Å². The highest BCUT2D eigenvalue weighted by Gasteiger charge is 2.11. The van der Waals surface area contributed by atoms with Crippen LogP contribution in [0.25, 0.3) is 5.69 Å². The third kappa shape index (κ3) is 5.61. The van der Waals surface area contributed by atoms with E-state index in [-0.39, 0.29) is 18.4 Å². The van der Waals surface area contributed by atoms with Gasteiger partial charge in [-0.05, 0) is 68.4 Å². The molecule has 31 heavy (non-hydrogen) atoms. The van der Waals surface area contributed by atoms with E-state index in [0.717, 1.165) is 32.8 Å². The molecule has 0 atom stereocenters. The Morgan fingerprint density at radius 2 is 1.77 bits per heavy atom. The number of ether oxygens (including phenoxy) is 1.